The van der Waals surface area contributed by atoms with Crippen molar-refractivity contribution in [1.29, 1.82) is 0 Å². The molecule has 0 bridgehead atoms. The second kappa shape index (κ2) is 4.93. The van der Waals surface area contributed by atoms with Crippen LogP contribution in [0.2, 0.25) is 0 Å². The molecule has 0 spiro atoms. The minimum absolute atomic E-state index is 0.325. The quantitative estimate of drug-likeness (QED) is 0.883. The van der Waals surface area contributed by atoms with Crippen LogP contribution in [0.3, 0.4) is 0 Å². The van der Waals surface area contributed by atoms with Gasteiger partial charge in [0, 0.05) is 18.3 Å². The highest BCUT2D eigenvalue weighted by molar-refractivity contribution is 5.70. The molecule has 3 nitrogen and oxygen atoms in total. The molecule has 1 aromatic carbocycles. The van der Waals surface area contributed by atoms with Crippen molar-refractivity contribution < 1.29 is 9.13 Å². The summed E-state index contributed by atoms with van der Waals surface area (Å²) < 4.78 is 18.5. The van der Waals surface area contributed by atoms with Gasteiger partial charge in [-0.05, 0) is 29.8 Å². The molecule has 2 aromatic rings. The van der Waals surface area contributed by atoms with Crippen LogP contribution in [0.5, 0.6) is 5.75 Å². The number of rotatable bonds is 3. The van der Waals surface area contributed by atoms with E-state index in [9.17, 15) is 4.39 Å². The Morgan fingerprint density at radius 1 is 1.35 bits per heavy atom. The van der Waals surface area contributed by atoms with Gasteiger partial charge in [0.2, 0.25) is 0 Å². The lowest BCUT2D eigenvalue weighted by Crippen LogP contribution is -2.01. The second-order valence-corrected chi connectivity index (χ2v) is 3.56. The first kappa shape index (κ1) is 11.5. The average molecular weight is 232 g/mol. The molecule has 4 heteroatoms. The zero-order chi connectivity index (χ0) is 12.3. The molecule has 0 radical (unpaired) electrons. The Morgan fingerprint density at radius 3 is 2.88 bits per heavy atom. The molecule has 0 saturated carbocycles. The molecule has 0 aliphatic carbocycles. The minimum atomic E-state index is -0.325. The van der Waals surface area contributed by atoms with Crippen molar-refractivity contribution in [2.45, 2.75) is 6.54 Å². The van der Waals surface area contributed by atoms with Gasteiger partial charge in [-0.2, -0.15) is 0 Å². The first-order chi connectivity index (χ1) is 8.26. The monoisotopic (exact) mass is 232 g/mol. The fourth-order valence-electron chi connectivity index (χ4n) is 1.71. The molecule has 1 aromatic heterocycles. The SMILES string of the molecule is COc1ccc(F)cc1-c1ncccc1CN. The van der Waals surface area contributed by atoms with E-state index in [0.717, 1.165) is 5.56 Å². The number of benzene rings is 1. The summed E-state index contributed by atoms with van der Waals surface area (Å²) in [5.41, 5.74) is 7.78. The Kier molecular flexibility index (Phi) is 3.35. The summed E-state index contributed by atoms with van der Waals surface area (Å²) in [5, 5.41) is 0. The van der Waals surface area contributed by atoms with Crippen molar-refractivity contribution in [3.63, 3.8) is 0 Å². The lowest BCUT2D eigenvalue weighted by molar-refractivity contribution is 0.415. The van der Waals surface area contributed by atoms with Crippen LogP contribution in [0, 0.1) is 5.82 Å². The maximum atomic E-state index is 13.3. The van der Waals surface area contributed by atoms with E-state index >= 15 is 0 Å². The van der Waals surface area contributed by atoms with Crippen molar-refractivity contribution in [3.05, 3.63) is 47.9 Å². The van der Waals surface area contributed by atoms with Crippen molar-refractivity contribution in [1.82, 2.24) is 4.98 Å². The molecular weight excluding hydrogens is 219 g/mol. The van der Waals surface area contributed by atoms with Crippen LogP contribution in [0.4, 0.5) is 4.39 Å². The highest BCUT2D eigenvalue weighted by atomic mass is 19.1. The molecule has 0 aliphatic heterocycles. The van der Waals surface area contributed by atoms with E-state index in [-0.39, 0.29) is 5.82 Å². The Bertz CT molecular complexity index is 529. The van der Waals surface area contributed by atoms with Crippen molar-refractivity contribution >= 4 is 0 Å². The van der Waals surface area contributed by atoms with E-state index in [2.05, 4.69) is 4.98 Å². The molecular formula is C13H13FN2O. The Balaban J connectivity index is 2.62. The molecule has 0 unspecified atom stereocenters. The molecule has 0 atom stereocenters. The largest absolute Gasteiger partial charge is 0.496 e. The van der Waals surface area contributed by atoms with E-state index in [1.165, 1.54) is 12.1 Å². The van der Waals surface area contributed by atoms with Gasteiger partial charge in [0.25, 0.3) is 0 Å². The predicted molar refractivity (Wildman–Crippen MR) is 64.1 cm³/mol. The van der Waals surface area contributed by atoms with E-state index in [0.29, 0.717) is 23.6 Å². The van der Waals surface area contributed by atoms with Crippen molar-refractivity contribution in [3.8, 4) is 17.0 Å². The number of aromatic nitrogens is 1. The molecule has 0 aliphatic rings. The fraction of sp³-hybridized carbons (Fsp3) is 0.154. The number of hydrogen-bond donors (Lipinski definition) is 1. The summed E-state index contributed by atoms with van der Waals surface area (Å²) in [4.78, 5) is 4.24. The van der Waals surface area contributed by atoms with Gasteiger partial charge in [-0.15, -0.1) is 0 Å². The van der Waals surface area contributed by atoms with Gasteiger partial charge >= 0.3 is 0 Å². The predicted octanol–water partition coefficient (Wildman–Crippen LogP) is 2.35. The van der Waals surface area contributed by atoms with Crippen LogP contribution in [-0.4, -0.2) is 12.1 Å². The lowest BCUT2D eigenvalue weighted by Gasteiger charge is -2.11. The van der Waals surface area contributed by atoms with Crippen LogP contribution in [-0.2, 0) is 6.54 Å². The highest BCUT2D eigenvalue weighted by Gasteiger charge is 2.11. The number of hydrogen-bond acceptors (Lipinski definition) is 3. The van der Waals surface area contributed by atoms with Gasteiger partial charge in [0.05, 0.1) is 12.8 Å². The van der Waals surface area contributed by atoms with Crippen LogP contribution >= 0.6 is 0 Å². The van der Waals surface area contributed by atoms with E-state index in [4.69, 9.17) is 10.5 Å². The summed E-state index contributed by atoms with van der Waals surface area (Å²) in [6.07, 6.45) is 1.65. The van der Waals surface area contributed by atoms with Crippen molar-refractivity contribution in [2.75, 3.05) is 7.11 Å². The first-order valence-corrected chi connectivity index (χ1v) is 5.24. The lowest BCUT2D eigenvalue weighted by atomic mass is 10.0. The third-order valence-corrected chi connectivity index (χ3v) is 2.53. The Hall–Kier alpha value is -1.94. The smallest absolute Gasteiger partial charge is 0.128 e. The molecule has 2 N–H and O–H groups in total. The summed E-state index contributed by atoms with van der Waals surface area (Å²) in [5.74, 6) is 0.259. The van der Waals surface area contributed by atoms with Gasteiger partial charge in [-0.1, -0.05) is 6.07 Å². The number of methoxy groups -OCH3 is 1. The summed E-state index contributed by atoms with van der Waals surface area (Å²) in [6.45, 7) is 0.350. The number of nitrogens with two attached hydrogens (primary N) is 1. The third kappa shape index (κ3) is 2.26. The highest BCUT2D eigenvalue weighted by Crippen LogP contribution is 2.31. The Labute approximate surface area is 99.1 Å². The summed E-state index contributed by atoms with van der Waals surface area (Å²) in [7, 11) is 1.54. The van der Waals surface area contributed by atoms with Gasteiger partial charge < -0.3 is 10.5 Å². The van der Waals surface area contributed by atoms with E-state index < -0.39 is 0 Å². The topological polar surface area (TPSA) is 48.1 Å². The van der Waals surface area contributed by atoms with Gasteiger partial charge in [0.15, 0.2) is 0 Å². The Morgan fingerprint density at radius 2 is 2.18 bits per heavy atom. The number of ether oxygens (including phenoxy) is 1. The molecule has 88 valence electrons. The van der Waals surface area contributed by atoms with Gasteiger partial charge in [-0.25, -0.2) is 4.39 Å². The van der Waals surface area contributed by atoms with Crippen LogP contribution in [0.1, 0.15) is 5.56 Å². The van der Waals surface area contributed by atoms with E-state index in [1.807, 2.05) is 6.07 Å². The van der Waals surface area contributed by atoms with Crippen LogP contribution in [0.25, 0.3) is 11.3 Å². The third-order valence-electron chi connectivity index (χ3n) is 2.53. The van der Waals surface area contributed by atoms with Crippen LogP contribution < -0.4 is 10.5 Å². The maximum Gasteiger partial charge on any atom is 0.128 e. The summed E-state index contributed by atoms with van der Waals surface area (Å²) >= 11 is 0. The first-order valence-electron chi connectivity index (χ1n) is 5.24. The molecule has 17 heavy (non-hydrogen) atoms. The maximum absolute atomic E-state index is 13.3. The number of halogens is 1. The molecule has 0 saturated heterocycles. The number of pyridine rings is 1. The standard InChI is InChI=1S/C13H13FN2O/c1-17-12-5-4-10(14)7-11(12)13-9(8-15)3-2-6-16-13/h2-7H,8,15H2,1H3. The zero-order valence-electron chi connectivity index (χ0n) is 9.48. The molecule has 0 fully saturated rings. The minimum Gasteiger partial charge on any atom is -0.496 e. The van der Waals surface area contributed by atoms with Crippen LogP contribution in [0.15, 0.2) is 36.5 Å². The average Bonchev–Trinajstić information content (AvgIpc) is 2.38. The van der Waals surface area contributed by atoms with E-state index in [1.54, 1.807) is 25.4 Å². The fourth-order valence-corrected chi connectivity index (χ4v) is 1.71. The molecule has 1 heterocycles. The van der Waals surface area contributed by atoms with Crippen molar-refractivity contribution in [2.24, 2.45) is 5.73 Å². The number of nitrogens with zero attached hydrogens (tertiary/aromatic N) is 1. The molecule has 2 rings (SSSR count). The zero-order valence-corrected chi connectivity index (χ0v) is 9.48. The van der Waals surface area contributed by atoms with Gasteiger partial charge in [0.1, 0.15) is 11.6 Å². The molecule has 0 amide bonds. The van der Waals surface area contributed by atoms with Gasteiger partial charge in [-0.3, -0.25) is 4.98 Å². The second-order valence-electron chi connectivity index (χ2n) is 3.56. The summed E-state index contributed by atoms with van der Waals surface area (Å²) in [6, 6.07) is 8.01. The normalized spacial score (nSPS) is 10.3.